The van der Waals surface area contributed by atoms with Crippen molar-refractivity contribution in [2.75, 3.05) is 0 Å². The molecule has 0 unspecified atom stereocenters. The number of hydrogen-bond acceptors (Lipinski definition) is 6. The summed E-state index contributed by atoms with van der Waals surface area (Å²) in [4.78, 5) is 22.5. The van der Waals surface area contributed by atoms with Crippen LogP contribution >= 0.6 is 11.6 Å². The predicted octanol–water partition coefficient (Wildman–Crippen LogP) is 3.23. The highest BCUT2D eigenvalue weighted by Crippen LogP contribution is 2.20. The van der Waals surface area contributed by atoms with Crippen LogP contribution in [0, 0.1) is 10.1 Å². The maximum atomic E-state index is 12.1. The van der Waals surface area contributed by atoms with Crippen LogP contribution in [-0.2, 0) is 6.54 Å². The second-order valence-electron chi connectivity index (χ2n) is 4.96. The number of rotatable bonds is 5. The zero-order chi connectivity index (χ0) is 17.8. The molecule has 1 heterocycles. The number of nitrogens with one attached hydrogen (secondary N) is 1. The first-order chi connectivity index (χ1) is 12.0. The molecule has 0 atom stereocenters. The molecule has 0 spiro atoms. The molecule has 2 aromatic carbocycles. The Hall–Kier alpha value is -3.26. The van der Waals surface area contributed by atoms with Crippen molar-refractivity contribution >= 4 is 23.2 Å². The first-order valence-corrected chi connectivity index (χ1v) is 7.52. The van der Waals surface area contributed by atoms with Gasteiger partial charge in [0.25, 0.3) is 11.6 Å². The van der Waals surface area contributed by atoms with Crippen molar-refractivity contribution in [1.82, 2.24) is 15.5 Å². The van der Waals surface area contributed by atoms with Crippen LogP contribution in [0.1, 0.15) is 16.2 Å². The van der Waals surface area contributed by atoms with Crippen LogP contribution in [0.15, 0.2) is 52.9 Å². The van der Waals surface area contributed by atoms with Gasteiger partial charge in [-0.05, 0) is 30.3 Å². The average molecular weight is 359 g/mol. The Balaban J connectivity index is 1.69. The molecule has 9 heteroatoms. The molecule has 1 N–H and O–H groups in total. The number of carbonyl (C=O) groups excluding carboxylic acids is 1. The van der Waals surface area contributed by atoms with E-state index in [1.165, 1.54) is 18.2 Å². The van der Waals surface area contributed by atoms with E-state index in [-0.39, 0.29) is 29.6 Å². The van der Waals surface area contributed by atoms with Crippen LogP contribution < -0.4 is 5.32 Å². The number of aromatic nitrogens is 2. The van der Waals surface area contributed by atoms with Crippen LogP contribution in [0.4, 0.5) is 5.69 Å². The van der Waals surface area contributed by atoms with E-state index in [0.717, 1.165) is 0 Å². The maximum Gasteiger partial charge on any atom is 0.282 e. The molecule has 0 aliphatic rings. The van der Waals surface area contributed by atoms with Crippen LogP contribution in [0.25, 0.3) is 11.5 Å². The van der Waals surface area contributed by atoms with Crippen molar-refractivity contribution < 1.29 is 14.1 Å². The molecule has 3 aromatic rings. The van der Waals surface area contributed by atoms with Gasteiger partial charge in [0.2, 0.25) is 11.8 Å². The average Bonchev–Trinajstić information content (AvgIpc) is 3.09. The normalized spacial score (nSPS) is 10.4. The Morgan fingerprint density at radius 1 is 1.16 bits per heavy atom. The minimum atomic E-state index is -0.611. The van der Waals surface area contributed by atoms with E-state index in [1.807, 2.05) is 0 Å². The highest BCUT2D eigenvalue weighted by Gasteiger charge is 2.19. The summed E-state index contributed by atoms with van der Waals surface area (Å²) in [5, 5.41) is 21.8. The van der Waals surface area contributed by atoms with E-state index < -0.39 is 10.8 Å². The molecule has 0 aliphatic heterocycles. The van der Waals surface area contributed by atoms with Gasteiger partial charge in [-0.25, -0.2) is 0 Å². The second-order valence-corrected chi connectivity index (χ2v) is 5.40. The highest BCUT2D eigenvalue weighted by atomic mass is 35.5. The van der Waals surface area contributed by atoms with Crippen molar-refractivity contribution in [1.29, 1.82) is 0 Å². The Bertz CT molecular complexity index is 924. The van der Waals surface area contributed by atoms with Crippen LogP contribution in [0.3, 0.4) is 0 Å². The summed E-state index contributed by atoms with van der Waals surface area (Å²) >= 11 is 5.82. The van der Waals surface area contributed by atoms with Gasteiger partial charge >= 0.3 is 0 Å². The summed E-state index contributed by atoms with van der Waals surface area (Å²) in [6.45, 7) is -0.0501. The molecule has 1 aromatic heterocycles. The van der Waals surface area contributed by atoms with Crippen LogP contribution in [0.5, 0.6) is 0 Å². The van der Waals surface area contributed by atoms with Gasteiger partial charge in [-0.2, -0.15) is 0 Å². The molecule has 25 heavy (non-hydrogen) atoms. The van der Waals surface area contributed by atoms with Crippen molar-refractivity contribution in [2.45, 2.75) is 6.54 Å². The molecule has 126 valence electrons. The summed E-state index contributed by atoms with van der Waals surface area (Å²) in [5.41, 5.74) is 0.380. The van der Waals surface area contributed by atoms with Crippen molar-refractivity contribution in [3.05, 3.63) is 75.1 Å². The van der Waals surface area contributed by atoms with Gasteiger partial charge in [0.05, 0.1) is 11.5 Å². The fourth-order valence-corrected chi connectivity index (χ4v) is 2.24. The highest BCUT2D eigenvalue weighted by molar-refractivity contribution is 6.30. The molecule has 0 saturated carbocycles. The van der Waals surface area contributed by atoms with Crippen molar-refractivity contribution in [3.63, 3.8) is 0 Å². The molecule has 0 radical (unpaired) electrons. The standard InChI is InChI=1S/C16H11ClN4O4/c17-11-7-5-10(6-8-11)16-20-19-14(25-16)9-18-15(22)12-3-1-2-4-13(12)21(23)24/h1-8H,9H2,(H,18,22). The number of para-hydroxylation sites is 1. The first kappa shape index (κ1) is 16.6. The van der Waals surface area contributed by atoms with E-state index in [2.05, 4.69) is 15.5 Å². The minimum absolute atomic E-state index is 0.0371. The number of amides is 1. The largest absolute Gasteiger partial charge is 0.419 e. The zero-order valence-corrected chi connectivity index (χ0v) is 13.4. The Morgan fingerprint density at radius 3 is 2.60 bits per heavy atom. The number of benzene rings is 2. The van der Waals surface area contributed by atoms with E-state index in [9.17, 15) is 14.9 Å². The zero-order valence-electron chi connectivity index (χ0n) is 12.7. The fraction of sp³-hybridized carbons (Fsp3) is 0.0625. The van der Waals surface area contributed by atoms with Gasteiger partial charge < -0.3 is 9.73 Å². The molecule has 0 aliphatic carbocycles. The number of nitrogens with zero attached hydrogens (tertiary/aromatic N) is 3. The van der Waals surface area contributed by atoms with Gasteiger partial charge in [-0.1, -0.05) is 23.7 Å². The third-order valence-electron chi connectivity index (χ3n) is 3.30. The lowest BCUT2D eigenvalue weighted by molar-refractivity contribution is -0.385. The molecule has 3 rings (SSSR count). The Kier molecular flexibility index (Phi) is 4.71. The van der Waals surface area contributed by atoms with Crippen molar-refractivity contribution in [2.24, 2.45) is 0 Å². The number of halogens is 1. The summed E-state index contributed by atoms with van der Waals surface area (Å²) in [6.07, 6.45) is 0. The minimum Gasteiger partial charge on any atom is -0.419 e. The quantitative estimate of drug-likeness (QED) is 0.553. The second kappa shape index (κ2) is 7.10. The van der Waals surface area contributed by atoms with Crippen LogP contribution in [0.2, 0.25) is 5.02 Å². The first-order valence-electron chi connectivity index (χ1n) is 7.14. The topological polar surface area (TPSA) is 111 Å². The molecule has 0 saturated heterocycles. The lowest BCUT2D eigenvalue weighted by atomic mass is 10.1. The summed E-state index contributed by atoms with van der Waals surface area (Å²) in [5.74, 6) is -0.137. The van der Waals surface area contributed by atoms with E-state index >= 15 is 0 Å². The number of hydrogen-bond donors (Lipinski definition) is 1. The predicted molar refractivity (Wildman–Crippen MR) is 89.0 cm³/mol. The number of nitro benzene ring substituents is 1. The molecular formula is C16H11ClN4O4. The van der Waals surface area contributed by atoms with Crippen LogP contribution in [-0.4, -0.2) is 21.0 Å². The van der Waals surface area contributed by atoms with Gasteiger partial charge in [-0.15, -0.1) is 10.2 Å². The maximum absolute atomic E-state index is 12.1. The third-order valence-corrected chi connectivity index (χ3v) is 3.56. The lowest BCUT2D eigenvalue weighted by Crippen LogP contribution is -2.23. The fourth-order valence-electron chi connectivity index (χ4n) is 2.11. The molecule has 8 nitrogen and oxygen atoms in total. The Morgan fingerprint density at radius 2 is 1.88 bits per heavy atom. The van der Waals surface area contributed by atoms with Gasteiger partial charge in [0.15, 0.2) is 0 Å². The lowest BCUT2D eigenvalue weighted by Gasteiger charge is -2.03. The molecular weight excluding hydrogens is 348 g/mol. The molecule has 0 fully saturated rings. The number of nitro groups is 1. The smallest absolute Gasteiger partial charge is 0.282 e. The van der Waals surface area contributed by atoms with Crippen molar-refractivity contribution in [3.8, 4) is 11.5 Å². The van der Waals surface area contributed by atoms with E-state index in [4.69, 9.17) is 16.0 Å². The monoisotopic (exact) mass is 358 g/mol. The van der Waals surface area contributed by atoms with E-state index in [1.54, 1.807) is 30.3 Å². The van der Waals surface area contributed by atoms with Gasteiger partial charge in [-0.3, -0.25) is 14.9 Å². The van der Waals surface area contributed by atoms with Gasteiger partial charge in [0.1, 0.15) is 5.56 Å². The summed E-state index contributed by atoms with van der Waals surface area (Å²) < 4.78 is 5.46. The van der Waals surface area contributed by atoms with E-state index in [0.29, 0.717) is 10.6 Å². The Labute approximate surface area is 146 Å². The number of carbonyl (C=O) groups is 1. The third kappa shape index (κ3) is 3.81. The summed E-state index contributed by atoms with van der Waals surface area (Å²) in [7, 11) is 0. The molecule has 0 bridgehead atoms. The summed E-state index contributed by atoms with van der Waals surface area (Å²) in [6, 6.07) is 12.5. The molecule has 1 amide bonds. The SMILES string of the molecule is O=C(NCc1nnc(-c2ccc(Cl)cc2)o1)c1ccccc1[N+](=O)[O-]. The van der Waals surface area contributed by atoms with Gasteiger partial charge in [0, 0.05) is 16.7 Å².